The zero-order chi connectivity index (χ0) is 16.2. The molecule has 0 spiro atoms. The van der Waals surface area contributed by atoms with Gasteiger partial charge in [0.2, 0.25) is 10.0 Å². The number of hydrogen-bond acceptors (Lipinski definition) is 5. The highest BCUT2D eigenvalue weighted by molar-refractivity contribution is 7.92. The summed E-state index contributed by atoms with van der Waals surface area (Å²) >= 11 is 11.8. The molecule has 2 aromatic rings. The van der Waals surface area contributed by atoms with Crippen LogP contribution in [0.4, 0.5) is 17.3 Å². The minimum absolute atomic E-state index is 0.0396. The molecule has 0 unspecified atom stereocenters. The van der Waals surface area contributed by atoms with Crippen molar-refractivity contribution < 1.29 is 8.42 Å². The second-order valence-electron chi connectivity index (χ2n) is 4.48. The van der Waals surface area contributed by atoms with E-state index in [0.29, 0.717) is 28.0 Å². The highest BCUT2D eigenvalue weighted by Gasteiger charge is 2.10. The van der Waals surface area contributed by atoms with Crippen LogP contribution in [0.15, 0.2) is 30.3 Å². The summed E-state index contributed by atoms with van der Waals surface area (Å²) in [6, 6.07) is 8.20. The number of nitrogens with one attached hydrogen (secondary N) is 2. The first kappa shape index (κ1) is 16.8. The molecule has 6 nitrogen and oxygen atoms in total. The van der Waals surface area contributed by atoms with E-state index in [1.165, 1.54) is 6.07 Å². The summed E-state index contributed by atoms with van der Waals surface area (Å²) in [6.45, 7) is 1.79. The zero-order valence-electron chi connectivity index (χ0n) is 11.7. The van der Waals surface area contributed by atoms with Crippen LogP contribution in [0.3, 0.4) is 0 Å². The van der Waals surface area contributed by atoms with Gasteiger partial charge in [0.05, 0.1) is 15.8 Å². The number of sulfonamides is 1. The Morgan fingerprint density at radius 2 is 1.73 bits per heavy atom. The van der Waals surface area contributed by atoms with Gasteiger partial charge in [0, 0.05) is 5.69 Å². The molecule has 2 rings (SSSR count). The second-order valence-corrected chi connectivity index (χ2v) is 7.13. The Hall–Kier alpha value is -1.57. The first-order chi connectivity index (χ1) is 10.4. The number of nitrogens with zero attached hydrogens (tertiary/aromatic N) is 2. The van der Waals surface area contributed by atoms with E-state index >= 15 is 0 Å². The fraction of sp³-hybridized carbons (Fsp3) is 0.231. The minimum atomic E-state index is -3.37. The third kappa shape index (κ3) is 4.72. The SMILES string of the molecule is CCCS(=O)(=O)Nc1ccc(Nc2ccc(Cl)c(Cl)c2)nn1. The van der Waals surface area contributed by atoms with Crippen molar-refractivity contribution in [3.05, 3.63) is 40.4 Å². The third-order valence-electron chi connectivity index (χ3n) is 2.59. The van der Waals surface area contributed by atoms with Crippen LogP contribution in [0.1, 0.15) is 13.3 Å². The van der Waals surface area contributed by atoms with Gasteiger partial charge in [0.25, 0.3) is 0 Å². The lowest BCUT2D eigenvalue weighted by Crippen LogP contribution is -2.17. The van der Waals surface area contributed by atoms with Crippen molar-refractivity contribution in [2.24, 2.45) is 0 Å². The minimum Gasteiger partial charge on any atom is -0.339 e. The summed E-state index contributed by atoms with van der Waals surface area (Å²) in [5.41, 5.74) is 0.697. The molecule has 0 aliphatic carbocycles. The molecule has 0 saturated heterocycles. The van der Waals surface area contributed by atoms with Crippen LogP contribution in [-0.2, 0) is 10.0 Å². The van der Waals surface area contributed by atoms with Crippen LogP contribution in [0.2, 0.25) is 10.0 Å². The van der Waals surface area contributed by atoms with Crippen molar-refractivity contribution in [2.75, 3.05) is 15.8 Å². The number of rotatable bonds is 6. The lowest BCUT2D eigenvalue weighted by Gasteiger charge is -2.08. The Morgan fingerprint density at radius 1 is 1.05 bits per heavy atom. The summed E-state index contributed by atoms with van der Waals surface area (Å²) in [5.74, 6) is 0.669. The maximum atomic E-state index is 11.6. The Labute approximate surface area is 138 Å². The molecular weight excluding hydrogens is 347 g/mol. The molecule has 0 aliphatic heterocycles. The Balaban J connectivity index is 2.07. The average molecular weight is 361 g/mol. The maximum absolute atomic E-state index is 11.6. The summed E-state index contributed by atoms with van der Waals surface area (Å²) in [4.78, 5) is 0. The number of hydrogen-bond donors (Lipinski definition) is 2. The molecule has 0 saturated carbocycles. The molecule has 9 heteroatoms. The van der Waals surface area contributed by atoms with Gasteiger partial charge in [-0.25, -0.2) is 8.42 Å². The molecule has 1 heterocycles. The molecule has 1 aromatic heterocycles. The Bertz CT molecular complexity index is 751. The van der Waals surface area contributed by atoms with Crippen molar-refractivity contribution in [1.82, 2.24) is 10.2 Å². The largest absolute Gasteiger partial charge is 0.339 e. The van der Waals surface area contributed by atoms with Gasteiger partial charge in [-0.3, -0.25) is 4.72 Å². The van der Waals surface area contributed by atoms with Crippen molar-refractivity contribution >= 4 is 50.5 Å². The molecule has 0 amide bonds. The molecule has 0 bridgehead atoms. The van der Waals surface area contributed by atoms with Crippen LogP contribution >= 0.6 is 23.2 Å². The van der Waals surface area contributed by atoms with E-state index in [2.05, 4.69) is 20.2 Å². The Morgan fingerprint density at radius 3 is 2.32 bits per heavy atom. The van der Waals surface area contributed by atoms with Crippen LogP contribution in [0.5, 0.6) is 0 Å². The number of anilines is 3. The van der Waals surface area contributed by atoms with E-state index in [0.717, 1.165) is 0 Å². The fourth-order valence-corrected chi connectivity index (χ4v) is 3.02. The number of benzene rings is 1. The lowest BCUT2D eigenvalue weighted by molar-refractivity contribution is 0.599. The fourth-order valence-electron chi connectivity index (χ4n) is 1.65. The molecular formula is C13H14Cl2N4O2S. The number of aromatic nitrogens is 2. The van der Waals surface area contributed by atoms with Gasteiger partial charge in [-0.1, -0.05) is 30.1 Å². The summed E-state index contributed by atoms with van der Waals surface area (Å²) in [7, 11) is -3.37. The highest BCUT2D eigenvalue weighted by Crippen LogP contribution is 2.26. The smallest absolute Gasteiger partial charge is 0.233 e. The van der Waals surface area contributed by atoms with Gasteiger partial charge < -0.3 is 5.32 Å². The molecule has 2 N–H and O–H groups in total. The molecule has 0 fully saturated rings. The van der Waals surface area contributed by atoms with E-state index in [4.69, 9.17) is 23.2 Å². The molecule has 22 heavy (non-hydrogen) atoms. The van der Waals surface area contributed by atoms with E-state index in [1.54, 1.807) is 31.2 Å². The molecule has 0 radical (unpaired) electrons. The molecule has 0 aliphatic rings. The van der Waals surface area contributed by atoms with E-state index < -0.39 is 10.0 Å². The second kappa shape index (κ2) is 7.13. The summed E-state index contributed by atoms with van der Waals surface area (Å²) < 4.78 is 25.6. The van der Waals surface area contributed by atoms with E-state index in [9.17, 15) is 8.42 Å². The molecule has 0 atom stereocenters. The molecule has 118 valence electrons. The topological polar surface area (TPSA) is 84.0 Å². The zero-order valence-corrected chi connectivity index (χ0v) is 14.0. The van der Waals surface area contributed by atoms with Gasteiger partial charge in [-0.15, -0.1) is 10.2 Å². The van der Waals surface area contributed by atoms with E-state index in [1.807, 2.05) is 0 Å². The maximum Gasteiger partial charge on any atom is 0.233 e. The summed E-state index contributed by atoms with van der Waals surface area (Å²) in [5, 5.41) is 11.6. The average Bonchev–Trinajstić information content (AvgIpc) is 2.44. The highest BCUT2D eigenvalue weighted by atomic mass is 35.5. The first-order valence-corrected chi connectivity index (χ1v) is 8.87. The standard InChI is InChI=1S/C13H14Cl2N4O2S/c1-2-7-22(20,21)19-13-6-5-12(17-18-13)16-9-3-4-10(14)11(15)8-9/h3-6,8H,2,7H2,1H3,(H,16,17)(H,18,19). The Kier molecular flexibility index (Phi) is 5.44. The predicted molar refractivity (Wildman–Crippen MR) is 89.5 cm³/mol. The predicted octanol–water partition coefficient (Wildman–Crippen LogP) is 3.68. The van der Waals surface area contributed by atoms with Gasteiger partial charge in [0.15, 0.2) is 11.6 Å². The van der Waals surface area contributed by atoms with Gasteiger partial charge in [-0.05, 0) is 36.8 Å². The normalized spacial score (nSPS) is 11.2. The lowest BCUT2D eigenvalue weighted by atomic mass is 10.3. The first-order valence-electron chi connectivity index (χ1n) is 6.46. The monoisotopic (exact) mass is 360 g/mol. The van der Waals surface area contributed by atoms with Crippen molar-refractivity contribution in [3.63, 3.8) is 0 Å². The number of halogens is 2. The molecule has 1 aromatic carbocycles. The third-order valence-corrected chi connectivity index (χ3v) is 4.79. The van der Waals surface area contributed by atoms with Crippen molar-refractivity contribution in [2.45, 2.75) is 13.3 Å². The van der Waals surface area contributed by atoms with Gasteiger partial charge >= 0.3 is 0 Å². The van der Waals surface area contributed by atoms with Crippen LogP contribution in [0.25, 0.3) is 0 Å². The van der Waals surface area contributed by atoms with Crippen LogP contribution in [0, 0.1) is 0 Å². The van der Waals surface area contributed by atoms with Gasteiger partial charge in [0.1, 0.15) is 0 Å². The van der Waals surface area contributed by atoms with E-state index in [-0.39, 0.29) is 11.6 Å². The van der Waals surface area contributed by atoms with Crippen molar-refractivity contribution in [1.29, 1.82) is 0 Å². The van der Waals surface area contributed by atoms with Gasteiger partial charge in [-0.2, -0.15) is 0 Å². The van der Waals surface area contributed by atoms with Crippen LogP contribution < -0.4 is 10.0 Å². The van der Waals surface area contributed by atoms with Crippen LogP contribution in [-0.4, -0.2) is 24.4 Å². The summed E-state index contributed by atoms with van der Waals surface area (Å²) in [6.07, 6.45) is 0.528. The van der Waals surface area contributed by atoms with Crippen molar-refractivity contribution in [3.8, 4) is 0 Å². The quantitative estimate of drug-likeness (QED) is 0.820.